The highest BCUT2D eigenvalue weighted by atomic mass is 35.5. The maximum atomic E-state index is 13.6. The number of halogens is 3. The van der Waals surface area contributed by atoms with Gasteiger partial charge in [0.15, 0.2) is 11.5 Å². The first-order chi connectivity index (χ1) is 15.5. The van der Waals surface area contributed by atoms with E-state index in [-0.39, 0.29) is 42.4 Å². The molecule has 0 bridgehead atoms. The lowest BCUT2D eigenvalue weighted by Gasteiger charge is -2.45. The van der Waals surface area contributed by atoms with Crippen LogP contribution in [0.3, 0.4) is 0 Å². The lowest BCUT2D eigenvalue weighted by molar-refractivity contribution is 0.115. The molecule has 0 amide bonds. The normalized spacial score (nSPS) is 20.0. The van der Waals surface area contributed by atoms with Gasteiger partial charge in [0, 0.05) is 25.2 Å². The predicted molar refractivity (Wildman–Crippen MR) is 126 cm³/mol. The molecule has 1 atom stereocenters. The average Bonchev–Trinajstić information content (AvgIpc) is 3.24. The number of rotatable bonds is 5. The van der Waals surface area contributed by atoms with Gasteiger partial charge in [0.25, 0.3) is 0 Å². The highest BCUT2D eigenvalue weighted by molar-refractivity contribution is 5.85. The van der Waals surface area contributed by atoms with Crippen molar-refractivity contribution < 1.29 is 18.3 Å². The van der Waals surface area contributed by atoms with Crippen molar-refractivity contribution in [1.82, 2.24) is 10.2 Å². The van der Waals surface area contributed by atoms with Crippen LogP contribution in [0.5, 0.6) is 11.5 Å². The Labute approximate surface area is 198 Å². The molecule has 0 aromatic heterocycles. The molecule has 5 rings (SSSR count). The molecule has 3 aromatic rings. The van der Waals surface area contributed by atoms with Crippen molar-refractivity contribution in [3.05, 3.63) is 95.1 Å². The molecule has 0 spiro atoms. The van der Waals surface area contributed by atoms with Gasteiger partial charge in [-0.3, -0.25) is 4.90 Å². The van der Waals surface area contributed by atoms with E-state index in [0.717, 1.165) is 48.7 Å². The molecule has 1 unspecified atom stereocenters. The van der Waals surface area contributed by atoms with Crippen LogP contribution in [-0.4, -0.2) is 36.9 Å². The van der Waals surface area contributed by atoms with Crippen LogP contribution in [0.1, 0.15) is 29.7 Å². The van der Waals surface area contributed by atoms with E-state index in [4.69, 9.17) is 9.47 Å². The number of hydrogen-bond donors (Lipinski definition) is 1. The summed E-state index contributed by atoms with van der Waals surface area (Å²) in [5.74, 6) is 1.04. The Bertz CT molecular complexity index is 1050. The predicted octanol–water partition coefficient (Wildman–Crippen LogP) is 5.11. The molecule has 0 radical (unpaired) electrons. The minimum Gasteiger partial charge on any atom is -0.454 e. The van der Waals surface area contributed by atoms with Crippen molar-refractivity contribution in [2.75, 3.05) is 26.4 Å². The fourth-order valence-electron chi connectivity index (χ4n) is 4.83. The third kappa shape index (κ3) is 5.13. The van der Waals surface area contributed by atoms with E-state index < -0.39 is 0 Å². The number of benzene rings is 3. The van der Waals surface area contributed by atoms with Crippen molar-refractivity contribution >= 4 is 12.4 Å². The Kier molecular flexibility index (Phi) is 6.88. The van der Waals surface area contributed by atoms with Gasteiger partial charge in [0.1, 0.15) is 11.6 Å². The van der Waals surface area contributed by atoms with Gasteiger partial charge in [-0.15, -0.1) is 12.4 Å². The largest absolute Gasteiger partial charge is 0.454 e. The molecule has 1 saturated heterocycles. The number of nitrogens with zero attached hydrogens (tertiary/aromatic N) is 1. The van der Waals surface area contributed by atoms with Crippen LogP contribution in [0.2, 0.25) is 0 Å². The molecule has 1 N–H and O–H groups in total. The highest BCUT2D eigenvalue weighted by Crippen LogP contribution is 2.35. The lowest BCUT2D eigenvalue weighted by atomic mass is 9.87. The second-order valence-electron chi connectivity index (χ2n) is 8.83. The van der Waals surface area contributed by atoms with E-state index in [1.165, 1.54) is 29.8 Å². The van der Waals surface area contributed by atoms with Crippen molar-refractivity contribution in [1.29, 1.82) is 0 Å². The second kappa shape index (κ2) is 9.67. The Morgan fingerprint density at radius 3 is 2.15 bits per heavy atom. The quantitative estimate of drug-likeness (QED) is 0.559. The molecule has 2 aliphatic heterocycles. The monoisotopic (exact) mass is 472 g/mol. The van der Waals surface area contributed by atoms with Crippen LogP contribution < -0.4 is 14.8 Å². The van der Waals surface area contributed by atoms with Crippen LogP contribution in [0, 0.1) is 11.6 Å². The molecule has 7 heteroatoms. The van der Waals surface area contributed by atoms with E-state index in [2.05, 4.69) is 23.2 Å². The number of ether oxygens (including phenoxy) is 2. The maximum absolute atomic E-state index is 13.6. The van der Waals surface area contributed by atoms with Crippen molar-refractivity contribution in [2.45, 2.75) is 24.9 Å². The lowest BCUT2D eigenvalue weighted by Crippen LogP contribution is -2.60. The van der Waals surface area contributed by atoms with Gasteiger partial charge in [-0.1, -0.05) is 30.3 Å². The maximum Gasteiger partial charge on any atom is 0.231 e. The molecule has 1 fully saturated rings. The van der Waals surface area contributed by atoms with Gasteiger partial charge in [-0.2, -0.15) is 0 Å². The summed E-state index contributed by atoms with van der Waals surface area (Å²) in [6.45, 7) is 4.91. The zero-order chi connectivity index (χ0) is 22.1. The second-order valence-corrected chi connectivity index (χ2v) is 8.83. The Balaban J connectivity index is 0.00000259. The molecule has 0 saturated carbocycles. The Morgan fingerprint density at radius 2 is 1.52 bits per heavy atom. The Hall–Kier alpha value is -2.67. The first-order valence-electron chi connectivity index (χ1n) is 10.9. The molecular formula is C26H27ClF2N2O2. The molecule has 33 heavy (non-hydrogen) atoms. The zero-order valence-corrected chi connectivity index (χ0v) is 19.2. The SMILES string of the molecule is CC1(Cc2ccc3c(c2)OCO3)CN(C(c2ccc(F)cc2)c2ccc(F)cc2)CCN1.Cl. The van der Waals surface area contributed by atoms with E-state index in [9.17, 15) is 8.78 Å². The summed E-state index contributed by atoms with van der Waals surface area (Å²) >= 11 is 0. The average molecular weight is 473 g/mol. The van der Waals surface area contributed by atoms with Crippen molar-refractivity contribution in [3.63, 3.8) is 0 Å². The summed E-state index contributed by atoms with van der Waals surface area (Å²) in [7, 11) is 0. The molecule has 3 aromatic carbocycles. The van der Waals surface area contributed by atoms with E-state index >= 15 is 0 Å². The van der Waals surface area contributed by atoms with Gasteiger partial charge < -0.3 is 14.8 Å². The van der Waals surface area contributed by atoms with Crippen LogP contribution in [0.4, 0.5) is 8.78 Å². The highest BCUT2D eigenvalue weighted by Gasteiger charge is 2.35. The van der Waals surface area contributed by atoms with Crippen molar-refractivity contribution in [3.8, 4) is 11.5 Å². The topological polar surface area (TPSA) is 33.7 Å². The molecule has 2 aliphatic rings. The van der Waals surface area contributed by atoms with Gasteiger partial charge in [0.05, 0.1) is 6.04 Å². The smallest absolute Gasteiger partial charge is 0.231 e. The van der Waals surface area contributed by atoms with Gasteiger partial charge in [0.2, 0.25) is 6.79 Å². The van der Waals surface area contributed by atoms with Gasteiger partial charge >= 0.3 is 0 Å². The third-order valence-electron chi connectivity index (χ3n) is 6.27. The number of fused-ring (bicyclic) bond motifs is 1. The minimum absolute atomic E-state index is 0. The van der Waals surface area contributed by atoms with Crippen molar-refractivity contribution in [2.24, 2.45) is 0 Å². The summed E-state index contributed by atoms with van der Waals surface area (Å²) in [4.78, 5) is 2.39. The van der Waals surface area contributed by atoms with E-state index in [1.54, 1.807) is 0 Å². The summed E-state index contributed by atoms with van der Waals surface area (Å²) in [6.07, 6.45) is 0.819. The molecule has 4 nitrogen and oxygen atoms in total. The fraction of sp³-hybridized carbons (Fsp3) is 0.308. The molecule has 0 aliphatic carbocycles. The molecule has 174 valence electrons. The summed E-state index contributed by atoms with van der Waals surface area (Å²) in [5, 5.41) is 3.68. The first-order valence-corrected chi connectivity index (χ1v) is 10.9. The van der Waals surface area contributed by atoms with Crippen LogP contribution >= 0.6 is 12.4 Å². The van der Waals surface area contributed by atoms with Gasteiger partial charge in [-0.25, -0.2) is 8.78 Å². The molecular weight excluding hydrogens is 446 g/mol. The summed E-state index contributed by atoms with van der Waals surface area (Å²) in [5.41, 5.74) is 2.98. The van der Waals surface area contributed by atoms with Gasteiger partial charge in [-0.05, 0) is 66.4 Å². The zero-order valence-electron chi connectivity index (χ0n) is 18.4. The number of nitrogens with one attached hydrogen (secondary N) is 1. The summed E-state index contributed by atoms with van der Waals surface area (Å²) < 4.78 is 38.2. The third-order valence-corrected chi connectivity index (χ3v) is 6.27. The summed E-state index contributed by atoms with van der Waals surface area (Å²) in [6, 6.07) is 19.2. The molecule has 2 heterocycles. The van der Waals surface area contributed by atoms with Crippen LogP contribution in [0.25, 0.3) is 0 Å². The Morgan fingerprint density at radius 1 is 0.909 bits per heavy atom. The first kappa shape index (κ1) is 23.5. The fourth-order valence-corrected chi connectivity index (χ4v) is 4.83. The van der Waals surface area contributed by atoms with E-state index in [1.807, 2.05) is 36.4 Å². The van der Waals surface area contributed by atoms with Crippen LogP contribution in [0.15, 0.2) is 66.7 Å². The minimum atomic E-state index is -0.264. The number of hydrogen-bond acceptors (Lipinski definition) is 4. The van der Waals surface area contributed by atoms with E-state index in [0.29, 0.717) is 0 Å². The van der Waals surface area contributed by atoms with Crippen LogP contribution in [-0.2, 0) is 6.42 Å². The number of piperazine rings is 1. The standard InChI is InChI=1S/C26H26F2N2O2.ClH/c1-26(15-18-2-11-23-24(14-18)32-17-31-23)16-30(13-12-29-26)25(19-3-7-21(27)8-4-19)20-5-9-22(28)10-6-20;/h2-11,14,25,29H,12-13,15-17H2,1H3;1H.